The van der Waals surface area contributed by atoms with Crippen molar-refractivity contribution < 1.29 is 33.0 Å². The van der Waals surface area contributed by atoms with Gasteiger partial charge in [-0.1, -0.05) is 36.4 Å². The lowest BCUT2D eigenvalue weighted by molar-refractivity contribution is -0.144. The van der Waals surface area contributed by atoms with Crippen LogP contribution in [0.5, 0.6) is 5.75 Å². The normalized spacial score (nSPS) is 23.2. The summed E-state index contributed by atoms with van der Waals surface area (Å²) in [5.74, 6) is 0.0106. The fourth-order valence-corrected chi connectivity index (χ4v) is 6.24. The molecule has 0 bridgehead atoms. The molecule has 0 amide bonds. The Kier molecular flexibility index (Phi) is 7.80. The van der Waals surface area contributed by atoms with Gasteiger partial charge in [0.05, 0.1) is 24.5 Å². The zero-order chi connectivity index (χ0) is 28.5. The molecule has 13 heteroatoms. The Hall–Kier alpha value is -3.54. The Balaban J connectivity index is 1.38. The molecular weight excluding hydrogens is 537 g/mol. The average Bonchev–Trinajstić information content (AvgIpc) is 3.48. The summed E-state index contributed by atoms with van der Waals surface area (Å²) in [5.41, 5.74) is 5.91. The lowest BCUT2D eigenvalue weighted by Gasteiger charge is -2.27. The van der Waals surface area contributed by atoms with Gasteiger partial charge in [0.2, 0.25) is 0 Å². The van der Waals surface area contributed by atoms with E-state index in [9.17, 15) is 14.5 Å². The molecule has 12 nitrogen and oxygen atoms in total. The van der Waals surface area contributed by atoms with Crippen LogP contribution >= 0.6 is 7.75 Å². The molecule has 0 spiro atoms. The number of hydrogen-bond acceptors (Lipinski definition) is 10. The fraction of sp³-hybridized carbons (Fsp3) is 0.370. The molecule has 4 aromatic rings. The SMILES string of the molecule is CCOC(=O)[C@H](C)NP(=O)(OC[C@H]1O[C@@H](c2ccc3c(N)ncnn23)C[C@]1(C)O)Oc1cccc2ccccc12. The number of aliphatic hydroxyl groups is 1. The topological polar surface area (TPSA) is 160 Å². The first-order valence-corrected chi connectivity index (χ1v) is 14.5. The van der Waals surface area contributed by atoms with E-state index in [-0.39, 0.29) is 19.6 Å². The Labute approximate surface area is 231 Å². The third kappa shape index (κ3) is 5.67. The Bertz CT molecular complexity index is 1570. The van der Waals surface area contributed by atoms with Crippen LogP contribution in [-0.4, -0.2) is 56.6 Å². The van der Waals surface area contributed by atoms with Crippen LogP contribution in [0.1, 0.15) is 39.0 Å². The summed E-state index contributed by atoms with van der Waals surface area (Å²) < 4.78 is 38.8. The number of nitrogens with one attached hydrogen (secondary N) is 1. The Morgan fingerprint density at radius 2 is 2.05 bits per heavy atom. The number of fused-ring (bicyclic) bond motifs is 2. The van der Waals surface area contributed by atoms with Gasteiger partial charge in [-0.05, 0) is 44.4 Å². The number of nitrogens with zero attached hydrogens (tertiary/aromatic N) is 3. The van der Waals surface area contributed by atoms with Gasteiger partial charge in [-0.15, -0.1) is 0 Å². The molecule has 5 atom stereocenters. The van der Waals surface area contributed by atoms with Crippen LogP contribution in [0.15, 0.2) is 60.9 Å². The van der Waals surface area contributed by atoms with Crippen LogP contribution in [0, 0.1) is 0 Å². The van der Waals surface area contributed by atoms with Crippen LogP contribution in [-0.2, 0) is 23.4 Å². The molecule has 3 heterocycles. The third-order valence-electron chi connectivity index (χ3n) is 6.82. The van der Waals surface area contributed by atoms with Gasteiger partial charge >= 0.3 is 13.7 Å². The summed E-state index contributed by atoms with van der Waals surface area (Å²) in [6.07, 6.45) is 0.131. The zero-order valence-corrected chi connectivity index (χ0v) is 23.3. The number of ether oxygens (including phenoxy) is 2. The van der Waals surface area contributed by atoms with Crippen molar-refractivity contribution in [3.8, 4) is 5.75 Å². The number of hydrogen-bond donors (Lipinski definition) is 3. The van der Waals surface area contributed by atoms with Gasteiger partial charge < -0.3 is 24.8 Å². The molecule has 1 fully saturated rings. The van der Waals surface area contributed by atoms with E-state index in [1.54, 1.807) is 42.6 Å². The molecule has 0 saturated carbocycles. The standard InChI is InChI=1S/C27H32N5O7P/c1-4-36-26(33)17(2)31-40(35,39-22-11-7-9-18-8-5-6-10-19(18)22)37-15-24-27(3,34)14-23(38-24)20-12-13-21-25(28)29-16-30-32(20)21/h5-13,16-17,23-24,34H,4,14-15H2,1-3H3,(H,31,35)(H2,28,29,30)/t17-,23+,24+,27-,40?/m0/s1. The van der Waals surface area contributed by atoms with Gasteiger partial charge in [-0.3, -0.25) is 9.32 Å². The van der Waals surface area contributed by atoms with Crippen molar-refractivity contribution >= 4 is 35.8 Å². The molecule has 5 rings (SSSR count). The fourth-order valence-electron chi connectivity index (χ4n) is 4.73. The lowest BCUT2D eigenvalue weighted by atomic mass is 9.96. The number of nitrogens with two attached hydrogens (primary N) is 1. The average molecular weight is 570 g/mol. The first kappa shape index (κ1) is 28.0. The van der Waals surface area contributed by atoms with E-state index in [1.807, 2.05) is 30.3 Å². The van der Waals surface area contributed by atoms with Crippen molar-refractivity contribution in [1.29, 1.82) is 0 Å². The number of nitrogen functional groups attached to an aromatic ring is 1. The number of anilines is 1. The molecule has 212 valence electrons. The molecule has 40 heavy (non-hydrogen) atoms. The van der Waals surface area contributed by atoms with E-state index >= 15 is 0 Å². The van der Waals surface area contributed by atoms with E-state index in [2.05, 4.69) is 15.2 Å². The molecular formula is C27H32N5O7P. The third-order valence-corrected chi connectivity index (χ3v) is 8.45. The predicted octanol–water partition coefficient (Wildman–Crippen LogP) is 3.79. The van der Waals surface area contributed by atoms with Crippen LogP contribution in [0.3, 0.4) is 0 Å². The van der Waals surface area contributed by atoms with E-state index < -0.39 is 37.6 Å². The highest BCUT2D eigenvalue weighted by molar-refractivity contribution is 7.52. The van der Waals surface area contributed by atoms with Crippen LogP contribution in [0.2, 0.25) is 0 Å². The smallest absolute Gasteiger partial charge is 0.459 e. The summed E-state index contributed by atoms with van der Waals surface area (Å²) in [6.45, 7) is 4.66. The molecule has 2 aromatic heterocycles. The van der Waals surface area contributed by atoms with Crippen molar-refractivity contribution in [2.24, 2.45) is 0 Å². The number of carbonyl (C=O) groups excluding carboxylic acids is 1. The highest BCUT2D eigenvalue weighted by atomic mass is 31.2. The first-order valence-electron chi connectivity index (χ1n) is 12.9. The monoisotopic (exact) mass is 569 g/mol. The molecule has 4 N–H and O–H groups in total. The summed E-state index contributed by atoms with van der Waals surface area (Å²) in [5, 5.41) is 19.7. The van der Waals surface area contributed by atoms with Crippen LogP contribution < -0.4 is 15.3 Å². The summed E-state index contributed by atoms with van der Waals surface area (Å²) in [7, 11) is -4.20. The Morgan fingerprint density at radius 3 is 2.85 bits per heavy atom. The minimum Gasteiger partial charge on any atom is -0.465 e. The van der Waals surface area contributed by atoms with Crippen molar-refractivity contribution in [3.63, 3.8) is 0 Å². The highest BCUT2D eigenvalue weighted by Crippen LogP contribution is 2.49. The van der Waals surface area contributed by atoms with Crippen molar-refractivity contribution in [2.75, 3.05) is 18.9 Å². The summed E-state index contributed by atoms with van der Waals surface area (Å²) in [6, 6.07) is 15.4. The van der Waals surface area contributed by atoms with Gasteiger partial charge in [0.15, 0.2) is 5.82 Å². The molecule has 2 aromatic carbocycles. The van der Waals surface area contributed by atoms with Crippen molar-refractivity contribution in [2.45, 2.75) is 51.0 Å². The number of esters is 1. The van der Waals surface area contributed by atoms with Crippen molar-refractivity contribution in [3.05, 3.63) is 66.6 Å². The highest BCUT2D eigenvalue weighted by Gasteiger charge is 2.47. The maximum Gasteiger partial charge on any atom is 0.459 e. The maximum absolute atomic E-state index is 14.1. The molecule has 0 aliphatic carbocycles. The summed E-state index contributed by atoms with van der Waals surface area (Å²) >= 11 is 0. The second kappa shape index (κ2) is 11.1. The Morgan fingerprint density at radius 1 is 1.27 bits per heavy atom. The predicted molar refractivity (Wildman–Crippen MR) is 148 cm³/mol. The number of carbonyl (C=O) groups is 1. The van der Waals surface area contributed by atoms with Gasteiger partial charge in [0.25, 0.3) is 0 Å². The largest absolute Gasteiger partial charge is 0.465 e. The molecule has 1 saturated heterocycles. The van der Waals surface area contributed by atoms with Gasteiger partial charge in [0.1, 0.15) is 35.8 Å². The van der Waals surface area contributed by atoms with E-state index in [4.69, 9.17) is 24.3 Å². The second-order valence-corrected chi connectivity index (χ2v) is 11.5. The quantitative estimate of drug-likeness (QED) is 0.188. The van der Waals surface area contributed by atoms with Gasteiger partial charge in [0, 0.05) is 11.8 Å². The maximum atomic E-state index is 14.1. The van der Waals surface area contributed by atoms with Crippen molar-refractivity contribution in [1.82, 2.24) is 19.7 Å². The molecule has 1 unspecified atom stereocenters. The second-order valence-electron chi connectivity index (χ2n) is 9.84. The number of aromatic nitrogens is 3. The number of rotatable bonds is 10. The van der Waals surface area contributed by atoms with Gasteiger partial charge in [-0.2, -0.15) is 10.2 Å². The van der Waals surface area contributed by atoms with Crippen LogP contribution in [0.25, 0.3) is 16.3 Å². The first-order chi connectivity index (χ1) is 19.1. The summed E-state index contributed by atoms with van der Waals surface area (Å²) in [4.78, 5) is 16.4. The van der Waals surface area contributed by atoms with E-state index in [0.29, 0.717) is 28.2 Å². The minimum atomic E-state index is -4.20. The minimum absolute atomic E-state index is 0.158. The zero-order valence-electron chi connectivity index (χ0n) is 22.4. The molecule has 1 aliphatic rings. The van der Waals surface area contributed by atoms with E-state index in [0.717, 1.165) is 5.39 Å². The van der Waals surface area contributed by atoms with E-state index in [1.165, 1.54) is 13.3 Å². The molecule has 1 aliphatic heterocycles. The van der Waals surface area contributed by atoms with Gasteiger partial charge in [-0.25, -0.2) is 14.1 Å². The molecule has 0 radical (unpaired) electrons. The van der Waals surface area contributed by atoms with Crippen LogP contribution in [0.4, 0.5) is 5.82 Å². The number of benzene rings is 2. The lowest BCUT2D eigenvalue weighted by Crippen LogP contribution is -2.40.